The van der Waals surface area contributed by atoms with Gasteiger partial charge >= 0.3 is 0 Å². The van der Waals surface area contributed by atoms with E-state index in [1.54, 1.807) is 30.5 Å². The highest BCUT2D eigenvalue weighted by atomic mass is 19.1. The van der Waals surface area contributed by atoms with Crippen molar-refractivity contribution >= 4 is 29.9 Å². The number of hydrogen-bond acceptors (Lipinski definition) is 2. The predicted octanol–water partition coefficient (Wildman–Crippen LogP) is 1.74. The highest BCUT2D eigenvalue weighted by Gasteiger charge is 2.12. The average Bonchev–Trinajstić information content (AvgIpc) is 2.85. The second-order valence-electron chi connectivity index (χ2n) is 4.07. The number of rotatable bonds is 1. The summed E-state index contributed by atoms with van der Waals surface area (Å²) in [6.07, 6.45) is 1.59. The standard InChI is InChI=1S/C13H9BFN3/c14-12-8(7-3-1-2-4-10(7)15)5-11(16)13-9(12)6-17-18-13/h1-6H,16H2,(H,17,18). The van der Waals surface area contributed by atoms with Crippen LogP contribution in [0.3, 0.4) is 0 Å². The average molecular weight is 237 g/mol. The second kappa shape index (κ2) is 3.87. The molecule has 3 nitrogen and oxygen atoms in total. The predicted molar refractivity (Wildman–Crippen MR) is 71.3 cm³/mol. The van der Waals surface area contributed by atoms with E-state index in [9.17, 15) is 4.39 Å². The van der Waals surface area contributed by atoms with Crippen LogP contribution < -0.4 is 11.2 Å². The first-order valence-electron chi connectivity index (χ1n) is 5.44. The fourth-order valence-corrected chi connectivity index (χ4v) is 2.06. The van der Waals surface area contributed by atoms with Crippen molar-refractivity contribution in [3.05, 3.63) is 42.3 Å². The minimum Gasteiger partial charge on any atom is -0.397 e. The molecule has 2 aromatic carbocycles. The van der Waals surface area contributed by atoms with Crippen molar-refractivity contribution in [2.45, 2.75) is 0 Å². The number of nitrogens with zero attached hydrogens (tertiary/aromatic N) is 1. The summed E-state index contributed by atoms with van der Waals surface area (Å²) in [6, 6.07) is 8.12. The lowest BCUT2D eigenvalue weighted by Gasteiger charge is -2.10. The molecule has 0 atom stereocenters. The van der Waals surface area contributed by atoms with Crippen LogP contribution in [0.2, 0.25) is 0 Å². The zero-order valence-electron chi connectivity index (χ0n) is 9.44. The topological polar surface area (TPSA) is 54.7 Å². The van der Waals surface area contributed by atoms with Crippen LogP contribution in [0, 0.1) is 5.82 Å². The Morgan fingerprint density at radius 1 is 1.22 bits per heavy atom. The molecule has 0 aliphatic heterocycles. The Kier molecular flexibility index (Phi) is 2.33. The molecule has 0 saturated carbocycles. The number of fused-ring (bicyclic) bond motifs is 1. The molecular formula is C13H9BFN3. The lowest BCUT2D eigenvalue weighted by Crippen LogP contribution is -2.10. The fraction of sp³-hybridized carbons (Fsp3) is 0. The van der Waals surface area contributed by atoms with Gasteiger partial charge in [0.25, 0.3) is 0 Å². The largest absolute Gasteiger partial charge is 0.397 e. The Hall–Kier alpha value is -2.30. The van der Waals surface area contributed by atoms with Gasteiger partial charge in [0.15, 0.2) is 0 Å². The van der Waals surface area contributed by atoms with Crippen LogP contribution >= 0.6 is 0 Å². The molecule has 1 aromatic heterocycles. The van der Waals surface area contributed by atoms with Gasteiger partial charge in [-0.2, -0.15) is 5.10 Å². The van der Waals surface area contributed by atoms with Crippen molar-refractivity contribution in [2.24, 2.45) is 0 Å². The Balaban J connectivity index is 2.36. The van der Waals surface area contributed by atoms with E-state index in [4.69, 9.17) is 13.6 Å². The number of nitrogens with one attached hydrogen (secondary N) is 1. The minimum atomic E-state index is -0.327. The maximum atomic E-state index is 13.8. The van der Waals surface area contributed by atoms with Gasteiger partial charge in [-0.15, -0.1) is 0 Å². The first-order chi connectivity index (χ1) is 8.68. The molecular weight excluding hydrogens is 228 g/mol. The van der Waals surface area contributed by atoms with Crippen molar-refractivity contribution in [2.75, 3.05) is 5.73 Å². The third kappa shape index (κ3) is 1.48. The number of nitrogens with two attached hydrogens (primary N) is 1. The van der Waals surface area contributed by atoms with Crippen LogP contribution in [0.4, 0.5) is 10.1 Å². The van der Waals surface area contributed by atoms with Gasteiger partial charge in [-0.25, -0.2) is 4.39 Å². The molecule has 0 bridgehead atoms. The number of anilines is 1. The van der Waals surface area contributed by atoms with Crippen molar-refractivity contribution in [3.8, 4) is 11.1 Å². The van der Waals surface area contributed by atoms with Crippen LogP contribution in [0.1, 0.15) is 0 Å². The van der Waals surface area contributed by atoms with Crippen LogP contribution in [0.15, 0.2) is 36.5 Å². The third-order valence-electron chi connectivity index (χ3n) is 2.97. The Morgan fingerprint density at radius 2 is 2.00 bits per heavy atom. The fourth-order valence-electron chi connectivity index (χ4n) is 2.06. The molecule has 86 valence electrons. The van der Waals surface area contributed by atoms with Crippen molar-refractivity contribution in [3.63, 3.8) is 0 Å². The van der Waals surface area contributed by atoms with E-state index >= 15 is 0 Å². The van der Waals surface area contributed by atoms with Gasteiger partial charge in [-0.3, -0.25) is 5.10 Å². The van der Waals surface area contributed by atoms with Crippen LogP contribution in [0.5, 0.6) is 0 Å². The summed E-state index contributed by atoms with van der Waals surface area (Å²) in [5.41, 5.74) is 8.57. The highest BCUT2D eigenvalue weighted by molar-refractivity contribution is 6.42. The zero-order chi connectivity index (χ0) is 12.7. The number of aromatic nitrogens is 2. The number of hydrogen-bond donors (Lipinski definition) is 2. The van der Waals surface area contributed by atoms with Crippen molar-refractivity contribution in [1.82, 2.24) is 10.2 Å². The molecule has 0 saturated heterocycles. The van der Waals surface area contributed by atoms with Gasteiger partial charge in [0, 0.05) is 10.9 Å². The van der Waals surface area contributed by atoms with Crippen LogP contribution in [0.25, 0.3) is 22.0 Å². The smallest absolute Gasteiger partial charge is 0.131 e. The summed E-state index contributed by atoms with van der Waals surface area (Å²) in [5.74, 6) is -0.327. The molecule has 0 amide bonds. The lowest BCUT2D eigenvalue weighted by atomic mass is 9.84. The normalized spacial score (nSPS) is 10.9. The SMILES string of the molecule is [B]c1c(-c2ccccc2F)cc(N)c2[nH]ncc12. The van der Waals surface area contributed by atoms with Gasteiger partial charge in [-0.1, -0.05) is 23.7 Å². The van der Waals surface area contributed by atoms with E-state index in [1.807, 2.05) is 0 Å². The lowest BCUT2D eigenvalue weighted by molar-refractivity contribution is 0.631. The molecule has 0 aliphatic carbocycles. The first kappa shape index (κ1) is 10.8. The molecule has 3 N–H and O–H groups in total. The molecule has 0 fully saturated rings. The second-order valence-corrected chi connectivity index (χ2v) is 4.07. The van der Waals surface area contributed by atoms with E-state index in [1.165, 1.54) is 6.07 Å². The molecule has 3 aromatic rings. The molecule has 18 heavy (non-hydrogen) atoms. The quantitative estimate of drug-likeness (QED) is 0.500. The summed E-state index contributed by atoms with van der Waals surface area (Å²) < 4.78 is 13.8. The summed E-state index contributed by atoms with van der Waals surface area (Å²) in [4.78, 5) is 0. The number of nitrogen functional groups attached to an aromatic ring is 1. The van der Waals surface area contributed by atoms with Gasteiger partial charge in [-0.05, 0) is 17.7 Å². The Morgan fingerprint density at radius 3 is 2.78 bits per heavy atom. The molecule has 1 heterocycles. The molecule has 0 spiro atoms. The van der Waals surface area contributed by atoms with E-state index < -0.39 is 0 Å². The van der Waals surface area contributed by atoms with E-state index in [2.05, 4.69) is 10.2 Å². The Bertz CT molecular complexity index is 736. The van der Waals surface area contributed by atoms with Crippen molar-refractivity contribution in [1.29, 1.82) is 0 Å². The molecule has 0 unspecified atom stereocenters. The first-order valence-corrected chi connectivity index (χ1v) is 5.44. The van der Waals surface area contributed by atoms with E-state index in [0.717, 1.165) is 0 Å². The summed E-state index contributed by atoms with van der Waals surface area (Å²) in [7, 11) is 6.05. The number of halogens is 1. The monoisotopic (exact) mass is 237 g/mol. The van der Waals surface area contributed by atoms with Gasteiger partial charge < -0.3 is 5.73 Å². The summed E-state index contributed by atoms with van der Waals surface area (Å²) in [6.45, 7) is 0. The molecule has 5 heteroatoms. The molecule has 3 rings (SSSR count). The molecule has 2 radical (unpaired) electrons. The van der Waals surface area contributed by atoms with E-state index in [-0.39, 0.29) is 5.82 Å². The number of H-pyrrole nitrogens is 1. The van der Waals surface area contributed by atoms with E-state index in [0.29, 0.717) is 33.2 Å². The maximum absolute atomic E-state index is 13.8. The number of benzene rings is 2. The van der Waals surface area contributed by atoms with Crippen LogP contribution in [-0.4, -0.2) is 18.0 Å². The third-order valence-corrected chi connectivity index (χ3v) is 2.97. The summed E-state index contributed by atoms with van der Waals surface area (Å²) >= 11 is 0. The zero-order valence-corrected chi connectivity index (χ0v) is 9.44. The van der Waals surface area contributed by atoms with Crippen LogP contribution in [-0.2, 0) is 0 Å². The van der Waals surface area contributed by atoms with Crippen molar-refractivity contribution < 1.29 is 4.39 Å². The highest BCUT2D eigenvalue weighted by Crippen LogP contribution is 2.27. The molecule has 0 aliphatic rings. The Labute approximate surface area is 104 Å². The van der Waals surface area contributed by atoms with Gasteiger partial charge in [0.2, 0.25) is 0 Å². The van der Waals surface area contributed by atoms with Gasteiger partial charge in [0.05, 0.1) is 17.4 Å². The van der Waals surface area contributed by atoms with Gasteiger partial charge in [0.1, 0.15) is 13.7 Å². The minimum absolute atomic E-state index is 0.327. The summed E-state index contributed by atoms with van der Waals surface area (Å²) in [5, 5.41) is 7.38. The maximum Gasteiger partial charge on any atom is 0.131 e. The number of aromatic amines is 1.